The van der Waals surface area contributed by atoms with Crippen LogP contribution in [0, 0.1) is 0 Å². The molecule has 1 aliphatic heterocycles. The van der Waals surface area contributed by atoms with Gasteiger partial charge in [-0.25, -0.2) is 0 Å². The van der Waals surface area contributed by atoms with Crippen molar-refractivity contribution in [2.24, 2.45) is 0 Å². The van der Waals surface area contributed by atoms with Crippen molar-refractivity contribution in [2.45, 2.75) is 0 Å². The van der Waals surface area contributed by atoms with E-state index in [0.29, 0.717) is 18.2 Å². The van der Waals surface area contributed by atoms with Gasteiger partial charge in [-0.3, -0.25) is 0 Å². The Labute approximate surface area is 94.9 Å². The molecule has 1 saturated heterocycles. The van der Waals surface area contributed by atoms with E-state index in [1.165, 1.54) is 0 Å². The Kier molecular flexibility index (Phi) is 4.03. The van der Waals surface area contributed by atoms with Crippen LogP contribution in [0.5, 0.6) is 0 Å². The van der Waals surface area contributed by atoms with Crippen molar-refractivity contribution in [1.29, 1.82) is 0 Å². The SMILES string of the molecule is Clc1cccc(B2OCCNCCO2)c1. The molecule has 1 aliphatic rings. The zero-order valence-corrected chi connectivity index (χ0v) is 9.17. The van der Waals surface area contributed by atoms with E-state index >= 15 is 0 Å². The third-order valence-corrected chi connectivity index (χ3v) is 2.45. The van der Waals surface area contributed by atoms with Crippen molar-refractivity contribution in [3.05, 3.63) is 29.3 Å². The van der Waals surface area contributed by atoms with Crippen LogP contribution in [0.25, 0.3) is 0 Å². The molecule has 3 nitrogen and oxygen atoms in total. The summed E-state index contributed by atoms with van der Waals surface area (Å²) in [5.74, 6) is 0. The summed E-state index contributed by atoms with van der Waals surface area (Å²) in [6.07, 6.45) is 0. The number of hydrogen-bond acceptors (Lipinski definition) is 3. The number of benzene rings is 1. The largest absolute Gasteiger partial charge is 0.493 e. The van der Waals surface area contributed by atoms with E-state index in [1.807, 2.05) is 24.3 Å². The minimum Gasteiger partial charge on any atom is -0.406 e. The molecule has 0 bridgehead atoms. The van der Waals surface area contributed by atoms with Crippen LogP contribution < -0.4 is 10.8 Å². The minimum absolute atomic E-state index is 0.286. The fourth-order valence-electron chi connectivity index (χ4n) is 1.50. The number of rotatable bonds is 1. The molecule has 0 aromatic heterocycles. The topological polar surface area (TPSA) is 30.5 Å². The van der Waals surface area contributed by atoms with E-state index < -0.39 is 0 Å². The second-order valence-electron chi connectivity index (χ2n) is 3.38. The Morgan fingerprint density at radius 1 is 1.20 bits per heavy atom. The molecular formula is C10H13BClNO2. The Hall–Kier alpha value is -0.545. The molecule has 0 spiro atoms. The highest BCUT2D eigenvalue weighted by Gasteiger charge is 2.22. The van der Waals surface area contributed by atoms with Crippen molar-refractivity contribution < 1.29 is 9.31 Å². The molecule has 1 heterocycles. The smallest absolute Gasteiger partial charge is 0.406 e. The van der Waals surface area contributed by atoms with E-state index in [4.69, 9.17) is 20.9 Å². The Bertz CT molecular complexity index is 316. The fourth-order valence-corrected chi connectivity index (χ4v) is 1.69. The fraction of sp³-hybridized carbons (Fsp3) is 0.400. The molecule has 0 aliphatic carbocycles. The molecule has 15 heavy (non-hydrogen) atoms. The molecule has 0 radical (unpaired) electrons. The molecule has 0 unspecified atom stereocenters. The Morgan fingerprint density at radius 2 is 1.93 bits per heavy atom. The van der Waals surface area contributed by atoms with Gasteiger partial charge in [-0.05, 0) is 17.6 Å². The average Bonchev–Trinajstić information content (AvgIpc) is 2.16. The highest BCUT2D eigenvalue weighted by molar-refractivity contribution is 6.61. The Balaban J connectivity index is 2.06. The number of halogens is 1. The average molecular weight is 225 g/mol. The molecule has 1 aromatic rings. The van der Waals surface area contributed by atoms with Crippen molar-refractivity contribution in [3.8, 4) is 0 Å². The van der Waals surface area contributed by atoms with Crippen LogP contribution in [0.1, 0.15) is 0 Å². The second kappa shape index (κ2) is 5.51. The predicted molar refractivity (Wildman–Crippen MR) is 61.6 cm³/mol. The molecule has 80 valence electrons. The lowest BCUT2D eigenvalue weighted by Gasteiger charge is -2.18. The molecule has 1 N–H and O–H groups in total. The highest BCUT2D eigenvalue weighted by atomic mass is 35.5. The van der Waals surface area contributed by atoms with Crippen LogP contribution in [0.3, 0.4) is 0 Å². The van der Waals surface area contributed by atoms with Gasteiger partial charge < -0.3 is 14.6 Å². The monoisotopic (exact) mass is 225 g/mol. The van der Waals surface area contributed by atoms with Gasteiger partial charge in [-0.15, -0.1) is 0 Å². The molecule has 0 atom stereocenters. The van der Waals surface area contributed by atoms with Crippen molar-refractivity contribution >= 4 is 24.2 Å². The normalized spacial score (nSPS) is 18.3. The molecule has 2 rings (SSSR count). The highest BCUT2D eigenvalue weighted by Crippen LogP contribution is 2.05. The Morgan fingerprint density at radius 3 is 2.60 bits per heavy atom. The van der Waals surface area contributed by atoms with Crippen LogP contribution in [0.2, 0.25) is 5.02 Å². The molecule has 1 aromatic carbocycles. The zero-order chi connectivity index (χ0) is 10.5. The van der Waals surface area contributed by atoms with Crippen molar-refractivity contribution in [1.82, 2.24) is 5.32 Å². The van der Waals surface area contributed by atoms with Gasteiger partial charge in [0.2, 0.25) is 0 Å². The van der Waals surface area contributed by atoms with Crippen LogP contribution >= 0.6 is 11.6 Å². The predicted octanol–water partition coefficient (Wildman–Crippen LogP) is 0.672. The number of hydrogen-bond donors (Lipinski definition) is 1. The molecule has 1 fully saturated rings. The van der Waals surface area contributed by atoms with Crippen LogP contribution in [0.15, 0.2) is 24.3 Å². The summed E-state index contributed by atoms with van der Waals surface area (Å²) in [5.41, 5.74) is 0.976. The lowest BCUT2D eigenvalue weighted by atomic mass is 9.79. The maximum absolute atomic E-state index is 5.91. The van der Waals surface area contributed by atoms with Crippen LogP contribution in [-0.2, 0) is 9.31 Å². The first-order valence-corrected chi connectivity index (χ1v) is 5.43. The van der Waals surface area contributed by atoms with Gasteiger partial charge in [0.1, 0.15) is 0 Å². The first-order valence-electron chi connectivity index (χ1n) is 5.05. The summed E-state index contributed by atoms with van der Waals surface area (Å²) >= 11 is 5.91. The lowest BCUT2D eigenvalue weighted by Crippen LogP contribution is -2.43. The maximum atomic E-state index is 5.91. The van der Waals surface area contributed by atoms with Gasteiger partial charge in [-0.2, -0.15) is 0 Å². The molecule has 0 saturated carbocycles. The summed E-state index contributed by atoms with van der Waals surface area (Å²) in [7, 11) is -0.286. The summed E-state index contributed by atoms with van der Waals surface area (Å²) in [4.78, 5) is 0. The summed E-state index contributed by atoms with van der Waals surface area (Å²) in [6.45, 7) is 3.02. The molecule has 0 amide bonds. The zero-order valence-electron chi connectivity index (χ0n) is 8.41. The van der Waals surface area contributed by atoms with Gasteiger partial charge in [0.15, 0.2) is 0 Å². The molecule has 5 heteroatoms. The van der Waals surface area contributed by atoms with E-state index in [1.54, 1.807) is 0 Å². The van der Waals surface area contributed by atoms with E-state index in [9.17, 15) is 0 Å². The van der Waals surface area contributed by atoms with Gasteiger partial charge in [0.05, 0.1) is 0 Å². The quantitative estimate of drug-likeness (QED) is 0.713. The van der Waals surface area contributed by atoms with Crippen LogP contribution in [0.4, 0.5) is 0 Å². The van der Waals surface area contributed by atoms with Crippen molar-refractivity contribution in [2.75, 3.05) is 26.3 Å². The third kappa shape index (κ3) is 3.21. The maximum Gasteiger partial charge on any atom is 0.493 e. The van der Waals surface area contributed by atoms with Gasteiger partial charge in [0, 0.05) is 31.3 Å². The van der Waals surface area contributed by atoms with Crippen LogP contribution in [-0.4, -0.2) is 33.4 Å². The first-order chi connectivity index (χ1) is 7.36. The van der Waals surface area contributed by atoms with Gasteiger partial charge >= 0.3 is 7.12 Å². The van der Waals surface area contributed by atoms with Gasteiger partial charge in [-0.1, -0.05) is 23.7 Å². The summed E-state index contributed by atoms with van der Waals surface area (Å²) in [5, 5.41) is 3.90. The third-order valence-electron chi connectivity index (χ3n) is 2.22. The minimum atomic E-state index is -0.286. The van der Waals surface area contributed by atoms with Gasteiger partial charge in [0.25, 0.3) is 0 Å². The summed E-state index contributed by atoms with van der Waals surface area (Å²) < 4.78 is 11.2. The lowest BCUT2D eigenvalue weighted by molar-refractivity contribution is 0.187. The van der Waals surface area contributed by atoms with E-state index in [0.717, 1.165) is 18.6 Å². The van der Waals surface area contributed by atoms with E-state index in [2.05, 4.69) is 5.32 Å². The molecular weight excluding hydrogens is 212 g/mol. The van der Waals surface area contributed by atoms with E-state index in [-0.39, 0.29) is 7.12 Å². The summed E-state index contributed by atoms with van der Waals surface area (Å²) in [6, 6.07) is 7.59. The second-order valence-corrected chi connectivity index (χ2v) is 3.81. The number of nitrogens with one attached hydrogen (secondary N) is 1. The van der Waals surface area contributed by atoms with Crippen molar-refractivity contribution in [3.63, 3.8) is 0 Å². The first kappa shape index (κ1) is 11.0. The standard InChI is InChI=1S/C10H13BClNO2/c12-10-3-1-2-9(8-10)11-14-6-4-13-5-7-15-11/h1-3,8,13H,4-7H2.